The zero-order valence-electron chi connectivity index (χ0n) is 13.5. The molecule has 0 saturated heterocycles. The molecule has 1 aliphatic rings. The average Bonchev–Trinajstić information content (AvgIpc) is 2.46. The van der Waals surface area contributed by atoms with Gasteiger partial charge < -0.3 is 4.74 Å². The summed E-state index contributed by atoms with van der Waals surface area (Å²) in [7, 11) is 0. The van der Waals surface area contributed by atoms with E-state index in [1.807, 2.05) is 24.3 Å². The number of halogens is 1. The van der Waals surface area contributed by atoms with Crippen LogP contribution in [0.1, 0.15) is 40.0 Å². The number of carbonyl (C=O) groups excluding carboxylic acids is 1. The number of ether oxygens (including phenoxy) is 1. The highest BCUT2D eigenvalue weighted by Gasteiger charge is 2.33. The highest BCUT2D eigenvalue weighted by atomic mass is 79.9. The fourth-order valence-corrected chi connectivity index (χ4v) is 4.07. The van der Waals surface area contributed by atoms with Gasteiger partial charge in [0.15, 0.2) is 0 Å². The average molecular weight is 385 g/mol. The first-order valence-corrected chi connectivity index (χ1v) is 9.81. The molecular weight excluding hydrogens is 360 g/mol. The van der Waals surface area contributed by atoms with Gasteiger partial charge in [-0.15, -0.1) is 11.8 Å². The Balaban J connectivity index is 1.85. The van der Waals surface area contributed by atoms with Crippen molar-refractivity contribution in [2.45, 2.75) is 51.0 Å². The van der Waals surface area contributed by atoms with Crippen LogP contribution >= 0.6 is 27.7 Å². The molecule has 0 spiro atoms. The molecule has 0 aliphatic heterocycles. The van der Waals surface area contributed by atoms with Crippen molar-refractivity contribution in [3.05, 3.63) is 28.7 Å². The monoisotopic (exact) mass is 384 g/mol. The van der Waals surface area contributed by atoms with Gasteiger partial charge in [0.2, 0.25) is 0 Å². The van der Waals surface area contributed by atoms with E-state index in [-0.39, 0.29) is 12.1 Å². The summed E-state index contributed by atoms with van der Waals surface area (Å²) >= 11 is 4.96. The highest BCUT2D eigenvalue weighted by molar-refractivity contribution is 9.10. The first kappa shape index (κ1) is 17.9. The minimum Gasteiger partial charge on any atom is -0.461 e. The van der Waals surface area contributed by atoms with Crippen LogP contribution in [0.2, 0.25) is 0 Å². The number of esters is 1. The summed E-state index contributed by atoms with van der Waals surface area (Å²) in [6, 6.07) is 8.01. The lowest BCUT2D eigenvalue weighted by molar-refractivity contribution is -0.152. The van der Waals surface area contributed by atoms with Crippen molar-refractivity contribution < 1.29 is 9.53 Å². The standard InChI is InChI=1S/C18H25BrO2S/c1-12(2)16-9-4-13(3)10-17(16)21-18(20)11-22-15-7-5-14(19)6-8-15/h5-8,12-13,16-17H,4,9-11H2,1-3H3. The van der Waals surface area contributed by atoms with Crippen molar-refractivity contribution in [2.24, 2.45) is 17.8 Å². The van der Waals surface area contributed by atoms with Crippen LogP contribution in [0.3, 0.4) is 0 Å². The lowest BCUT2D eigenvalue weighted by Gasteiger charge is -2.36. The first-order chi connectivity index (χ1) is 10.5. The largest absolute Gasteiger partial charge is 0.461 e. The molecule has 4 heteroatoms. The van der Waals surface area contributed by atoms with Crippen LogP contribution in [-0.2, 0) is 9.53 Å². The minimum absolute atomic E-state index is 0.0855. The van der Waals surface area contributed by atoms with Crippen molar-refractivity contribution in [3.8, 4) is 0 Å². The van der Waals surface area contributed by atoms with Gasteiger partial charge in [0.05, 0.1) is 5.75 Å². The lowest BCUT2D eigenvalue weighted by Crippen LogP contribution is -2.36. The summed E-state index contributed by atoms with van der Waals surface area (Å²) in [4.78, 5) is 13.3. The van der Waals surface area contributed by atoms with E-state index >= 15 is 0 Å². The quantitative estimate of drug-likeness (QED) is 0.491. The number of thioether (sulfide) groups is 1. The molecule has 0 heterocycles. The van der Waals surface area contributed by atoms with Gasteiger partial charge in [-0.1, -0.05) is 43.1 Å². The van der Waals surface area contributed by atoms with Crippen molar-refractivity contribution in [1.82, 2.24) is 0 Å². The first-order valence-electron chi connectivity index (χ1n) is 8.03. The molecule has 3 atom stereocenters. The maximum atomic E-state index is 12.2. The minimum atomic E-state index is -0.0855. The predicted molar refractivity (Wildman–Crippen MR) is 96.1 cm³/mol. The molecule has 1 fully saturated rings. The predicted octanol–water partition coefficient (Wildman–Crippen LogP) is 5.55. The third-order valence-electron chi connectivity index (χ3n) is 4.41. The summed E-state index contributed by atoms with van der Waals surface area (Å²) < 4.78 is 6.86. The second-order valence-corrected chi connectivity index (χ2v) is 8.56. The maximum Gasteiger partial charge on any atom is 0.316 e. The van der Waals surface area contributed by atoms with E-state index < -0.39 is 0 Å². The van der Waals surface area contributed by atoms with Gasteiger partial charge in [-0.25, -0.2) is 0 Å². The number of hydrogen-bond acceptors (Lipinski definition) is 3. The molecule has 0 amide bonds. The maximum absolute atomic E-state index is 12.2. The van der Waals surface area contributed by atoms with Crippen LogP contribution in [0, 0.1) is 17.8 Å². The molecular formula is C18H25BrO2S. The number of carbonyl (C=O) groups is 1. The summed E-state index contributed by atoms with van der Waals surface area (Å²) in [6.45, 7) is 6.73. The van der Waals surface area contributed by atoms with Crippen LogP contribution in [-0.4, -0.2) is 17.8 Å². The van der Waals surface area contributed by atoms with Gasteiger partial charge in [0.1, 0.15) is 6.10 Å². The van der Waals surface area contributed by atoms with E-state index in [4.69, 9.17) is 4.74 Å². The van der Waals surface area contributed by atoms with Gasteiger partial charge >= 0.3 is 5.97 Å². The van der Waals surface area contributed by atoms with Crippen LogP contribution in [0.25, 0.3) is 0 Å². The van der Waals surface area contributed by atoms with E-state index in [9.17, 15) is 4.79 Å². The van der Waals surface area contributed by atoms with Crippen LogP contribution < -0.4 is 0 Å². The molecule has 0 N–H and O–H groups in total. The van der Waals surface area contributed by atoms with Gasteiger partial charge in [0.25, 0.3) is 0 Å². The van der Waals surface area contributed by atoms with E-state index in [2.05, 4.69) is 36.7 Å². The smallest absolute Gasteiger partial charge is 0.316 e. The Labute approximate surface area is 146 Å². The molecule has 2 rings (SSSR count). The fraction of sp³-hybridized carbons (Fsp3) is 0.611. The second kappa shape index (κ2) is 8.39. The van der Waals surface area contributed by atoms with E-state index in [0.29, 0.717) is 23.5 Å². The van der Waals surface area contributed by atoms with Crippen LogP contribution in [0.15, 0.2) is 33.6 Å². The molecule has 1 aromatic carbocycles. The van der Waals surface area contributed by atoms with Crippen molar-refractivity contribution in [1.29, 1.82) is 0 Å². The number of rotatable bonds is 5. The SMILES string of the molecule is CC1CCC(C(C)C)C(OC(=O)CSc2ccc(Br)cc2)C1. The lowest BCUT2D eigenvalue weighted by atomic mass is 9.75. The summed E-state index contributed by atoms with van der Waals surface area (Å²) in [5.41, 5.74) is 0. The molecule has 1 aliphatic carbocycles. The highest BCUT2D eigenvalue weighted by Crippen LogP contribution is 2.35. The molecule has 3 unspecified atom stereocenters. The topological polar surface area (TPSA) is 26.3 Å². The van der Waals surface area contributed by atoms with E-state index in [0.717, 1.165) is 15.8 Å². The van der Waals surface area contributed by atoms with E-state index in [1.54, 1.807) is 11.8 Å². The molecule has 22 heavy (non-hydrogen) atoms. The molecule has 1 aromatic rings. The third kappa shape index (κ3) is 5.31. The number of hydrogen-bond donors (Lipinski definition) is 0. The van der Waals surface area contributed by atoms with Crippen LogP contribution in [0.5, 0.6) is 0 Å². The van der Waals surface area contributed by atoms with E-state index in [1.165, 1.54) is 12.8 Å². The van der Waals surface area contributed by atoms with Crippen molar-refractivity contribution in [3.63, 3.8) is 0 Å². The van der Waals surface area contributed by atoms with Crippen molar-refractivity contribution in [2.75, 3.05) is 5.75 Å². The zero-order chi connectivity index (χ0) is 16.1. The van der Waals surface area contributed by atoms with Crippen molar-refractivity contribution >= 4 is 33.7 Å². The Morgan fingerprint density at radius 3 is 2.64 bits per heavy atom. The summed E-state index contributed by atoms with van der Waals surface area (Å²) in [5.74, 6) is 2.05. The molecule has 0 aromatic heterocycles. The molecule has 1 saturated carbocycles. The zero-order valence-corrected chi connectivity index (χ0v) is 16.0. The Bertz CT molecular complexity index is 486. The Morgan fingerprint density at radius 1 is 1.32 bits per heavy atom. The summed E-state index contributed by atoms with van der Waals surface area (Å²) in [5, 5.41) is 0. The second-order valence-electron chi connectivity index (χ2n) is 6.60. The Kier molecular flexibility index (Phi) is 6.82. The van der Waals surface area contributed by atoms with Gasteiger partial charge in [-0.05, 0) is 54.9 Å². The Morgan fingerprint density at radius 2 is 2.00 bits per heavy atom. The van der Waals surface area contributed by atoms with Gasteiger partial charge in [-0.2, -0.15) is 0 Å². The number of benzene rings is 1. The molecule has 0 bridgehead atoms. The molecule has 0 radical (unpaired) electrons. The molecule has 122 valence electrons. The molecule has 2 nitrogen and oxygen atoms in total. The Hall–Kier alpha value is -0.480. The fourth-order valence-electron chi connectivity index (χ4n) is 3.13. The summed E-state index contributed by atoms with van der Waals surface area (Å²) in [6.07, 6.45) is 3.54. The normalized spacial score (nSPS) is 25.2. The third-order valence-corrected chi connectivity index (χ3v) is 5.93. The van der Waals surface area contributed by atoms with Crippen LogP contribution in [0.4, 0.5) is 0 Å². The van der Waals surface area contributed by atoms with Gasteiger partial charge in [-0.3, -0.25) is 4.79 Å². The van der Waals surface area contributed by atoms with Gasteiger partial charge in [0, 0.05) is 9.37 Å².